The van der Waals surface area contributed by atoms with Crippen molar-refractivity contribution in [3.8, 4) is 0 Å². The van der Waals surface area contributed by atoms with Crippen LogP contribution in [0.5, 0.6) is 0 Å². The predicted molar refractivity (Wildman–Crippen MR) is 71.2 cm³/mol. The van der Waals surface area contributed by atoms with Gasteiger partial charge < -0.3 is 14.2 Å². The molecule has 0 N–H and O–H groups in total. The molecule has 4 aliphatic rings. The van der Waals surface area contributed by atoms with Gasteiger partial charge in [0, 0.05) is 12.8 Å². The predicted octanol–water partition coefficient (Wildman–Crippen LogP) is 2.43. The maximum atomic E-state index is 11.8. The number of rotatable bonds is 1. The number of nitrogens with zero attached hydrogens (tertiary/aromatic N) is 1. The Morgan fingerprint density at radius 2 is 1.90 bits per heavy atom. The number of hydrogen-bond acceptors (Lipinski definition) is 4. The normalized spacial score (nSPS) is 46.0. The SMILES string of the molecule is CCOC(=O)N1C2CCC3(CC21)O[C@@H]1CCCC[C@H]1O3. The van der Waals surface area contributed by atoms with Crippen molar-refractivity contribution in [3.63, 3.8) is 0 Å². The second kappa shape index (κ2) is 4.60. The van der Waals surface area contributed by atoms with Crippen molar-refractivity contribution in [2.75, 3.05) is 6.61 Å². The quantitative estimate of drug-likeness (QED) is 0.693. The minimum absolute atomic E-state index is 0.171. The van der Waals surface area contributed by atoms with Gasteiger partial charge in [0.25, 0.3) is 0 Å². The van der Waals surface area contributed by atoms with E-state index in [-0.39, 0.29) is 24.3 Å². The van der Waals surface area contributed by atoms with Crippen LogP contribution in [0.1, 0.15) is 51.9 Å². The number of carbonyl (C=O) groups is 1. The van der Waals surface area contributed by atoms with Crippen LogP contribution in [0.25, 0.3) is 0 Å². The average Bonchev–Trinajstić information content (AvgIpc) is 3.02. The second-order valence-corrected chi connectivity index (χ2v) is 6.49. The molecule has 5 nitrogen and oxygen atoms in total. The number of carbonyl (C=O) groups excluding carboxylic acids is 1. The molecule has 2 saturated carbocycles. The fourth-order valence-electron chi connectivity index (χ4n) is 4.28. The lowest BCUT2D eigenvalue weighted by Crippen LogP contribution is -2.36. The topological polar surface area (TPSA) is 47.8 Å². The van der Waals surface area contributed by atoms with Crippen molar-refractivity contribution in [2.45, 2.75) is 81.9 Å². The van der Waals surface area contributed by atoms with Gasteiger partial charge in [0.15, 0.2) is 5.79 Å². The number of hydrogen-bond donors (Lipinski definition) is 0. The summed E-state index contributed by atoms with van der Waals surface area (Å²) < 4.78 is 17.7. The van der Waals surface area contributed by atoms with Gasteiger partial charge in [-0.2, -0.15) is 0 Å². The van der Waals surface area contributed by atoms with Crippen LogP contribution in [0.3, 0.4) is 0 Å². The molecule has 2 aliphatic heterocycles. The van der Waals surface area contributed by atoms with Gasteiger partial charge in [0.2, 0.25) is 0 Å². The zero-order valence-electron chi connectivity index (χ0n) is 12.0. The Labute approximate surface area is 119 Å². The average molecular weight is 281 g/mol. The monoisotopic (exact) mass is 281 g/mol. The van der Waals surface area contributed by atoms with E-state index in [1.807, 2.05) is 11.8 Å². The minimum Gasteiger partial charge on any atom is -0.450 e. The van der Waals surface area contributed by atoms with E-state index < -0.39 is 5.79 Å². The van der Waals surface area contributed by atoms with Gasteiger partial charge in [-0.05, 0) is 26.2 Å². The highest BCUT2D eigenvalue weighted by atomic mass is 16.8. The zero-order valence-corrected chi connectivity index (χ0v) is 12.0. The Morgan fingerprint density at radius 3 is 2.55 bits per heavy atom. The van der Waals surface area contributed by atoms with Crippen LogP contribution < -0.4 is 0 Å². The van der Waals surface area contributed by atoms with Crippen molar-refractivity contribution in [1.82, 2.24) is 4.90 Å². The number of amides is 1. The first-order valence-electron chi connectivity index (χ1n) is 8.03. The van der Waals surface area contributed by atoms with E-state index in [1.54, 1.807) is 0 Å². The van der Waals surface area contributed by atoms with Crippen LogP contribution >= 0.6 is 0 Å². The molecule has 0 aromatic heterocycles. The summed E-state index contributed by atoms with van der Waals surface area (Å²) in [6.45, 7) is 2.29. The summed E-state index contributed by atoms with van der Waals surface area (Å²) in [6, 6.07) is 0.623. The van der Waals surface area contributed by atoms with Gasteiger partial charge in [0.05, 0.1) is 30.9 Å². The van der Waals surface area contributed by atoms with Crippen LogP contribution in [0.4, 0.5) is 4.79 Å². The van der Waals surface area contributed by atoms with Crippen molar-refractivity contribution >= 4 is 6.09 Å². The lowest BCUT2D eigenvalue weighted by molar-refractivity contribution is -0.189. The summed E-state index contributed by atoms with van der Waals surface area (Å²) in [5.74, 6) is -0.415. The first kappa shape index (κ1) is 12.9. The van der Waals surface area contributed by atoms with Crippen LogP contribution in [-0.4, -0.2) is 47.7 Å². The lowest BCUT2D eigenvalue weighted by Gasteiger charge is -2.30. The molecule has 1 amide bonds. The molecule has 5 heteroatoms. The van der Waals surface area contributed by atoms with Crippen molar-refractivity contribution < 1.29 is 19.0 Å². The molecule has 0 radical (unpaired) electrons. The maximum absolute atomic E-state index is 11.8. The molecule has 0 aromatic rings. The third-order valence-corrected chi connectivity index (χ3v) is 5.26. The van der Waals surface area contributed by atoms with Gasteiger partial charge in [-0.15, -0.1) is 0 Å². The van der Waals surface area contributed by atoms with Gasteiger partial charge in [-0.3, -0.25) is 4.90 Å². The van der Waals surface area contributed by atoms with Crippen LogP contribution in [0, 0.1) is 0 Å². The maximum Gasteiger partial charge on any atom is 0.410 e. The highest BCUT2D eigenvalue weighted by Gasteiger charge is 2.62. The summed E-state index contributed by atoms with van der Waals surface area (Å²) in [4.78, 5) is 13.7. The van der Waals surface area contributed by atoms with Crippen LogP contribution in [-0.2, 0) is 14.2 Å². The van der Waals surface area contributed by atoms with E-state index in [0.717, 1.165) is 32.1 Å². The van der Waals surface area contributed by atoms with Gasteiger partial charge >= 0.3 is 6.09 Å². The molecule has 0 bridgehead atoms. The van der Waals surface area contributed by atoms with Crippen molar-refractivity contribution in [2.24, 2.45) is 0 Å². The van der Waals surface area contributed by atoms with Gasteiger partial charge in [0.1, 0.15) is 0 Å². The van der Waals surface area contributed by atoms with E-state index in [0.29, 0.717) is 12.6 Å². The summed E-state index contributed by atoms with van der Waals surface area (Å²) in [5, 5.41) is 0. The van der Waals surface area contributed by atoms with Crippen LogP contribution in [0.15, 0.2) is 0 Å². The van der Waals surface area contributed by atoms with Crippen LogP contribution in [0.2, 0.25) is 0 Å². The second-order valence-electron chi connectivity index (χ2n) is 6.49. The molecule has 0 aromatic carbocycles. The number of ether oxygens (including phenoxy) is 3. The molecule has 2 saturated heterocycles. The Kier molecular flexibility index (Phi) is 2.96. The Bertz CT molecular complexity index is 399. The third-order valence-electron chi connectivity index (χ3n) is 5.26. The van der Waals surface area contributed by atoms with E-state index in [1.165, 1.54) is 12.8 Å². The van der Waals surface area contributed by atoms with Crippen molar-refractivity contribution in [3.05, 3.63) is 0 Å². The molecule has 2 unspecified atom stereocenters. The Morgan fingerprint density at radius 1 is 1.20 bits per heavy atom. The number of likely N-dealkylation sites (tertiary alicyclic amines) is 1. The fourth-order valence-corrected chi connectivity index (χ4v) is 4.28. The smallest absolute Gasteiger partial charge is 0.410 e. The molecule has 20 heavy (non-hydrogen) atoms. The first-order valence-corrected chi connectivity index (χ1v) is 8.03. The minimum atomic E-state index is -0.415. The highest BCUT2D eigenvalue weighted by molar-refractivity contribution is 5.72. The molecule has 4 rings (SSSR count). The molecule has 4 fully saturated rings. The highest BCUT2D eigenvalue weighted by Crippen LogP contribution is 2.51. The molecule has 2 heterocycles. The lowest BCUT2D eigenvalue weighted by atomic mass is 9.94. The molecule has 1 spiro atoms. The first-order chi connectivity index (χ1) is 9.72. The summed E-state index contributed by atoms with van der Waals surface area (Å²) >= 11 is 0. The third kappa shape index (κ3) is 1.94. The Balaban J connectivity index is 1.42. The largest absolute Gasteiger partial charge is 0.450 e. The standard InChI is InChI=1S/C15H23NO4/c1-2-18-14(17)16-10-7-8-15(9-11(10)16)19-12-5-3-4-6-13(12)20-15/h10-13H,2-9H2,1H3/t10?,11?,12-,13-,16?/m1/s1. The fraction of sp³-hybridized carbons (Fsp3) is 0.933. The molecule has 112 valence electrons. The summed E-state index contributed by atoms with van der Waals surface area (Å²) in [5.41, 5.74) is 0. The zero-order chi connectivity index (χ0) is 13.7. The molecular formula is C15H23NO4. The van der Waals surface area contributed by atoms with E-state index in [4.69, 9.17) is 14.2 Å². The molecule has 4 atom stereocenters. The summed E-state index contributed by atoms with van der Waals surface area (Å²) in [6.07, 6.45) is 7.87. The molecule has 2 aliphatic carbocycles. The van der Waals surface area contributed by atoms with E-state index in [2.05, 4.69) is 0 Å². The van der Waals surface area contributed by atoms with E-state index in [9.17, 15) is 4.79 Å². The van der Waals surface area contributed by atoms with Crippen molar-refractivity contribution in [1.29, 1.82) is 0 Å². The summed E-state index contributed by atoms with van der Waals surface area (Å²) in [7, 11) is 0. The van der Waals surface area contributed by atoms with Gasteiger partial charge in [-0.25, -0.2) is 4.79 Å². The number of fused-ring (bicyclic) bond motifs is 2. The van der Waals surface area contributed by atoms with E-state index >= 15 is 0 Å². The van der Waals surface area contributed by atoms with Gasteiger partial charge in [-0.1, -0.05) is 12.8 Å². The Hall–Kier alpha value is -0.810. The molecular weight excluding hydrogens is 258 g/mol.